The number of benzene rings is 1. The highest BCUT2D eigenvalue weighted by molar-refractivity contribution is 6.15. The minimum atomic E-state index is 0.764. The highest BCUT2D eigenvalue weighted by Crippen LogP contribution is 2.26. The van der Waals surface area contributed by atoms with Gasteiger partial charge >= 0.3 is 0 Å². The summed E-state index contributed by atoms with van der Waals surface area (Å²) in [4.78, 5) is 11.6. The first kappa shape index (κ1) is 15.3. The molecule has 0 spiro atoms. The summed E-state index contributed by atoms with van der Waals surface area (Å²) in [7, 11) is 1.97. The van der Waals surface area contributed by atoms with E-state index >= 15 is 0 Å². The molecule has 1 N–H and O–H groups in total. The van der Waals surface area contributed by atoms with Crippen molar-refractivity contribution in [3.05, 3.63) is 58.8 Å². The van der Waals surface area contributed by atoms with Crippen molar-refractivity contribution in [2.24, 2.45) is 4.99 Å². The van der Waals surface area contributed by atoms with Gasteiger partial charge in [0.25, 0.3) is 0 Å². The van der Waals surface area contributed by atoms with Crippen LogP contribution in [-0.4, -0.2) is 44.0 Å². The van der Waals surface area contributed by atoms with E-state index in [0.717, 1.165) is 56.5 Å². The van der Waals surface area contributed by atoms with E-state index in [2.05, 4.69) is 45.5 Å². The van der Waals surface area contributed by atoms with Crippen LogP contribution in [0.25, 0.3) is 0 Å². The molecule has 5 nitrogen and oxygen atoms in total. The van der Waals surface area contributed by atoms with E-state index in [4.69, 9.17) is 9.73 Å². The normalized spacial score (nSPS) is 16.9. The summed E-state index contributed by atoms with van der Waals surface area (Å²) in [6, 6.07) is 10.8. The van der Waals surface area contributed by atoms with Crippen LogP contribution in [0.5, 0.6) is 0 Å². The standard InChI is InChI=1S/C19H22N4O/c1-20-12-14-2-3-16-13-22-19(17(16)10-14)15-4-5-21-18(11-15)23-6-8-24-9-7-23/h2-5,10-11,20H,6-9,12-13H2,1H3. The van der Waals surface area contributed by atoms with Crippen molar-refractivity contribution in [3.63, 3.8) is 0 Å². The van der Waals surface area contributed by atoms with Gasteiger partial charge in [0.1, 0.15) is 5.82 Å². The number of nitrogens with one attached hydrogen (secondary N) is 1. The van der Waals surface area contributed by atoms with E-state index in [1.807, 2.05) is 13.2 Å². The molecule has 2 aromatic rings. The van der Waals surface area contributed by atoms with Gasteiger partial charge in [0.2, 0.25) is 0 Å². The Labute approximate surface area is 142 Å². The third-order valence-electron chi connectivity index (χ3n) is 4.57. The highest BCUT2D eigenvalue weighted by atomic mass is 16.5. The maximum atomic E-state index is 5.43. The van der Waals surface area contributed by atoms with Gasteiger partial charge in [0, 0.05) is 37.0 Å². The van der Waals surface area contributed by atoms with Crippen LogP contribution < -0.4 is 10.2 Å². The van der Waals surface area contributed by atoms with Crippen LogP contribution in [0.4, 0.5) is 5.82 Å². The van der Waals surface area contributed by atoms with Gasteiger partial charge in [-0.2, -0.15) is 0 Å². The van der Waals surface area contributed by atoms with Gasteiger partial charge in [0.05, 0.1) is 25.5 Å². The fourth-order valence-corrected chi connectivity index (χ4v) is 3.32. The van der Waals surface area contributed by atoms with Crippen LogP contribution in [0.15, 0.2) is 41.5 Å². The molecule has 1 aromatic carbocycles. The number of morpholine rings is 1. The fourth-order valence-electron chi connectivity index (χ4n) is 3.32. The Morgan fingerprint density at radius 1 is 1.17 bits per heavy atom. The molecule has 4 rings (SSSR count). The molecule has 0 atom stereocenters. The average Bonchev–Trinajstić information content (AvgIpc) is 3.06. The molecule has 0 aliphatic carbocycles. The van der Waals surface area contributed by atoms with E-state index in [0.29, 0.717) is 0 Å². The van der Waals surface area contributed by atoms with Crippen molar-refractivity contribution in [2.45, 2.75) is 13.1 Å². The van der Waals surface area contributed by atoms with Crippen molar-refractivity contribution < 1.29 is 4.74 Å². The zero-order valence-electron chi connectivity index (χ0n) is 14.0. The number of nitrogens with zero attached hydrogens (tertiary/aromatic N) is 3. The molecule has 0 radical (unpaired) electrons. The molecule has 1 fully saturated rings. The second kappa shape index (κ2) is 6.71. The van der Waals surface area contributed by atoms with E-state index in [9.17, 15) is 0 Å². The minimum absolute atomic E-state index is 0.764. The molecule has 124 valence electrons. The third kappa shape index (κ3) is 2.92. The Hall–Kier alpha value is -2.24. The van der Waals surface area contributed by atoms with Crippen molar-refractivity contribution in [1.82, 2.24) is 10.3 Å². The van der Waals surface area contributed by atoms with Gasteiger partial charge in [-0.05, 0) is 36.4 Å². The second-order valence-corrected chi connectivity index (χ2v) is 6.19. The largest absolute Gasteiger partial charge is 0.378 e. The number of ether oxygens (including phenoxy) is 1. The topological polar surface area (TPSA) is 49.8 Å². The number of hydrogen-bond donors (Lipinski definition) is 1. The van der Waals surface area contributed by atoms with Crippen molar-refractivity contribution >= 4 is 11.5 Å². The summed E-state index contributed by atoms with van der Waals surface area (Å²) in [6.45, 7) is 4.96. The van der Waals surface area contributed by atoms with Crippen molar-refractivity contribution in [2.75, 3.05) is 38.3 Å². The number of pyridine rings is 1. The molecule has 1 aromatic heterocycles. The number of aliphatic imine (C=N–C) groups is 1. The van der Waals surface area contributed by atoms with Crippen LogP contribution in [-0.2, 0) is 17.8 Å². The summed E-state index contributed by atoms with van der Waals surface area (Å²) in [5.41, 5.74) is 6.07. The van der Waals surface area contributed by atoms with Gasteiger partial charge < -0.3 is 15.0 Å². The zero-order valence-corrected chi connectivity index (χ0v) is 14.0. The lowest BCUT2D eigenvalue weighted by Crippen LogP contribution is -2.36. The molecule has 0 bridgehead atoms. The lowest BCUT2D eigenvalue weighted by Gasteiger charge is -2.28. The van der Waals surface area contributed by atoms with Crippen molar-refractivity contribution in [1.29, 1.82) is 0 Å². The smallest absolute Gasteiger partial charge is 0.129 e. The number of anilines is 1. The van der Waals surface area contributed by atoms with E-state index in [1.165, 1.54) is 16.7 Å². The summed E-state index contributed by atoms with van der Waals surface area (Å²) in [5.74, 6) is 1.01. The summed E-state index contributed by atoms with van der Waals surface area (Å²) in [5, 5.41) is 3.21. The summed E-state index contributed by atoms with van der Waals surface area (Å²) >= 11 is 0. The van der Waals surface area contributed by atoms with Crippen LogP contribution in [0.3, 0.4) is 0 Å². The second-order valence-electron chi connectivity index (χ2n) is 6.19. The Balaban J connectivity index is 1.65. The number of aromatic nitrogens is 1. The predicted octanol–water partition coefficient (Wildman–Crippen LogP) is 1.99. The van der Waals surface area contributed by atoms with Crippen LogP contribution in [0, 0.1) is 0 Å². The molecule has 0 amide bonds. The summed E-state index contributed by atoms with van der Waals surface area (Å²) in [6.07, 6.45) is 1.89. The first-order valence-corrected chi connectivity index (χ1v) is 8.45. The quantitative estimate of drug-likeness (QED) is 0.935. The number of fused-ring (bicyclic) bond motifs is 1. The molecule has 2 aliphatic heterocycles. The predicted molar refractivity (Wildman–Crippen MR) is 95.8 cm³/mol. The number of rotatable bonds is 4. The third-order valence-corrected chi connectivity index (χ3v) is 4.57. The Kier molecular flexibility index (Phi) is 4.28. The molecule has 24 heavy (non-hydrogen) atoms. The monoisotopic (exact) mass is 322 g/mol. The lowest BCUT2D eigenvalue weighted by atomic mass is 9.98. The van der Waals surface area contributed by atoms with E-state index in [1.54, 1.807) is 0 Å². The maximum absolute atomic E-state index is 5.43. The molecular weight excluding hydrogens is 300 g/mol. The number of hydrogen-bond acceptors (Lipinski definition) is 5. The fraction of sp³-hybridized carbons (Fsp3) is 0.368. The van der Waals surface area contributed by atoms with Crippen molar-refractivity contribution in [3.8, 4) is 0 Å². The zero-order chi connectivity index (χ0) is 16.4. The minimum Gasteiger partial charge on any atom is -0.378 e. The van der Waals surface area contributed by atoms with Crippen LogP contribution in [0.2, 0.25) is 0 Å². The van der Waals surface area contributed by atoms with E-state index < -0.39 is 0 Å². The molecule has 2 aliphatic rings. The van der Waals surface area contributed by atoms with Gasteiger partial charge in [-0.1, -0.05) is 12.1 Å². The molecule has 1 saturated heterocycles. The Bertz CT molecular complexity index is 766. The SMILES string of the molecule is CNCc1ccc2c(c1)C(c1ccnc(N3CCOCC3)c1)=NC2. The van der Waals surface area contributed by atoms with Gasteiger partial charge in [-0.3, -0.25) is 4.99 Å². The van der Waals surface area contributed by atoms with Crippen LogP contribution in [0.1, 0.15) is 22.3 Å². The molecule has 0 saturated carbocycles. The molecular formula is C19H22N4O. The molecule has 0 unspecified atom stereocenters. The first-order chi connectivity index (χ1) is 11.8. The van der Waals surface area contributed by atoms with E-state index in [-0.39, 0.29) is 0 Å². The van der Waals surface area contributed by atoms with Gasteiger partial charge in [-0.15, -0.1) is 0 Å². The average molecular weight is 322 g/mol. The first-order valence-electron chi connectivity index (χ1n) is 8.45. The summed E-state index contributed by atoms with van der Waals surface area (Å²) < 4.78 is 5.43. The Morgan fingerprint density at radius 3 is 2.88 bits per heavy atom. The highest BCUT2D eigenvalue weighted by Gasteiger charge is 2.20. The van der Waals surface area contributed by atoms with Gasteiger partial charge in [-0.25, -0.2) is 4.98 Å². The lowest BCUT2D eigenvalue weighted by molar-refractivity contribution is 0.122. The van der Waals surface area contributed by atoms with Crippen LogP contribution >= 0.6 is 0 Å². The molecule has 3 heterocycles. The Morgan fingerprint density at radius 2 is 2.04 bits per heavy atom. The van der Waals surface area contributed by atoms with Gasteiger partial charge in [0.15, 0.2) is 0 Å². The maximum Gasteiger partial charge on any atom is 0.129 e. The molecule has 5 heteroatoms.